The van der Waals surface area contributed by atoms with Crippen LogP contribution in [0, 0.1) is 13.8 Å². The SMILES string of the molecule is COc1ccc(C(=O)CSc2nc(C)cc(C)c2C(=O)Nc2ccccc2OC)cc1. The summed E-state index contributed by atoms with van der Waals surface area (Å²) in [6.07, 6.45) is 0. The predicted octanol–water partition coefficient (Wildman–Crippen LogP) is 4.94. The van der Waals surface area contributed by atoms with Gasteiger partial charge in [0.25, 0.3) is 5.91 Å². The summed E-state index contributed by atoms with van der Waals surface area (Å²) in [7, 11) is 3.13. The molecule has 160 valence electrons. The van der Waals surface area contributed by atoms with Crippen LogP contribution in [0.2, 0.25) is 0 Å². The van der Waals surface area contributed by atoms with Gasteiger partial charge in [0.2, 0.25) is 0 Å². The van der Waals surface area contributed by atoms with E-state index in [1.54, 1.807) is 50.6 Å². The standard InChI is InChI=1S/C24H24N2O4S/c1-15-13-16(2)25-24(31-14-20(27)17-9-11-18(29-3)12-10-17)22(15)23(28)26-19-7-5-6-8-21(19)30-4/h5-13H,14H2,1-4H3,(H,26,28). The van der Waals surface area contributed by atoms with Crippen molar-refractivity contribution in [1.82, 2.24) is 4.98 Å². The summed E-state index contributed by atoms with van der Waals surface area (Å²) in [6, 6.07) is 16.0. The number of thioether (sulfide) groups is 1. The Labute approximate surface area is 186 Å². The smallest absolute Gasteiger partial charge is 0.258 e. The number of aromatic nitrogens is 1. The molecule has 1 amide bonds. The number of rotatable bonds is 8. The minimum absolute atomic E-state index is 0.0512. The molecule has 0 atom stereocenters. The Morgan fingerprint density at radius 3 is 2.39 bits per heavy atom. The Morgan fingerprint density at radius 2 is 1.71 bits per heavy atom. The van der Waals surface area contributed by atoms with Crippen molar-refractivity contribution in [2.75, 3.05) is 25.3 Å². The van der Waals surface area contributed by atoms with E-state index in [0.717, 1.165) is 11.3 Å². The molecule has 3 rings (SSSR count). The van der Waals surface area contributed by atoms with Crippen LogP contribution in [0.1, 0.15) is 32.0 Å². The normalized spacial score (nSPS) is 10.5. The summed E-state index contributed by atoms with van der Waals surface area (Å²) in [5.41, 5.74) is 3.17. The molecule has 1 heterocycles. The number of methoxy groups -OCH3 is 2. The number of anilines is 1. The van der Waals surface area contributed by atoms with Crippen LogP contribution in [0.3, 0.4) is 0 Å². The Kier molecular flexibility index (Phi) is 7.31. The summed E-state index contributed by atoms with van der Waals surface area (Å²) >= 11 is 1.25. The number of hydrogen-bond acceptors (Lipinski definition) is 6. The number of ether oxygens (including phenoxy) is 2. The molecule has 2 aromatic carbocycles. The van der Waals surface area contributed by atoms with Gasteiger partial charge in [0.05, 0.1) is 31.2 Å². The highest BCUT2D eigenvalue weighted by molar-refractivity contribution is 8.00. The van der Waals surface area contributed by atoms with Gasteiger partial charge in [-0.15, -0.1) is 0 Å². The average Bonchev–Trinajstić information content (AvgIpc) is 2.77. The fourth-order valence-corrected chi connectivity index (χ4v) is 4.15. The third kappa shape index (κ3) is 5.44. The van der Waals surface area contributed by atoms with Crippen molar-refractivity contribution in [3.8, 4) is 11.5 Å². The molecule has 0 bridgehead atoms. The Bertz CT molecular complexity index is 1100. The van der Waals surface area contributed by atoms with Gasteiger partial charge < -0.3 is 14.8 Å². The third-order valence-electron chi connectivity index (χ3n) is 4.65. The summed E-state index contributed by atoms with van der Waals surface area (Å²) in [5.74, 6) is 1.07. The minimum atomic E-state index is -0.297. The largest absolute Gasteiger partial charge is 0.497 e. The molecule has 0 aliphatic heterocycles. The number of carbonyl (C=O) groups excluding carboxylic acids is 2. The van der Waals surface area contributed by atoms with Gasteiger partial charge in [-0.3, -0.25) is 9.59 Å². The zero-order chi connectivity index (χ0) is 22.4. The monoisotopic (exact) mass is 436 g/mol. The number of nitrogens with one attached hydrogen (secondary N) is 1. The highest BCUT2D eigenvalue weighted by Gasteiger charge is 2.20. The number of para-hydroxylation sites is 2. The summed E-state index contributed by atoms with van der Waals surface area (Å²) in [5, 5.41) is 3.41. The van der Waals surface area contributed by atoms with E-state index in [-0.39, 0.29) is 17.4 Å². The maximum Gasteiger partial charge on any atom is 0.258 e. The predicted molar refractivity (Wildman–Crippen MR) is 123 cm³/mol. The second-order valence-electron chi connectivity index (χ2n) is 6.86. The average molecular weight is 437 g/mol. The quantitative estimate of drug-likeness (QED) is 0.398. The summed E-state index contributed by atoms with van der Waals surface area (Å²) in [4.78, 5) is 30.3. The summed E-state index contributed by atoms with van der Waals surface area (Å²) < 4.78 is 10.4. The van der Waals surface area contributed by atoms with E-state index >= 15 is 0 Å². The van der Waals surface area contributed by atoms with E-state index in [2.05, 4.69) is 10.3 Å². The van der Waals surface area contributed by atoms with Crippen molar-refractivity contribution in [2.24, 2.45) is 0 Å². The number of pyridine rings is 1. The number of carbonyl (C=O) groups is 2. The molecular formula is C24H24N2O4S. The lowest BCUT2D eigenvalue weighted by molar-refractivity contribution is 0.101. The van der Waals surface area contributed by atoms with Crippen LogP contribution in [0.4, 0.5) is 5.69 Å². The maximum absolute atomic E-state index is 13.1. The first kappa shape index (κ1) is 22.4. The van der Waals surface area contributed by atoms with Crippen LogP contribution in [0.5, 0.6) is 11.5 Å². The molecule has 1 aromatic heterocycles. The zero-order valence-corrected chi connectivity index (χ0v) is 18.7. The molecule has 31 heavy (non-hydrogen) atoms. The van der Waals surface area contributed by atoms with Crippen LogP contribution in [0.25, 0.3) is 0 Å². The van der Waals surface area contributed by atoms with Gasteiger partial charge in [-0.1, -0.05) is 23.9 Å². The van der Waals surface area contributed by atoms with Crippen LogP contribution >= 0.6 is 11.8 Å². The lowest BCUT2D eigenvalue weighted by Crippen LogP contribution is -2.17. The lowest BCUT2D eigenvalue weighted by Gasteiger charge is -2.14. The van der Waals surface area contributed by atoms with Crippen LogP contribution in [-0.2, 0) is 0 Å². The van der Waals surface area contributed by atoms with Crippen molar-refractivity contribution in [3.63, 3.8) is 0 Å². The maximum atomic E-state index is 13.1. The third-order valence-corrected chi connectivity index (χ3v) is 5.62. The molecule has 0 aliphatic carbocycles. The van der Waals surface area contributed by atoms with E-state index in [4.69, 9.17) is 9.47 Å². The van der Waals surface area contributed by atoms with E-state index in [9.17, 15) is 9.59 Å². The van der Waals surface area contributed by atoms with E-state index in [1.165, 1.54) is 11.8 Å². The van der Waals surface area contributed by atoms with E-state index in [0.29, 0.717) is 33.3 Å². The highest BCUT2D eigenvalue weighted by atomic mass is 32.2. The Morgan fingerprint density at radius 1 is 1.00 bits per heavy atom. The molecule has 7 heteroatoms. The van der Waals surface area contributed by atoms with Crippen LogP contribution in [-0.4, -0.2) is 36.6 Å². The molecule has 0 fully saturated rings. The number of hydrogen-bond donors (Lipinski definition) is 1. The van der Waals surface area contributed by atoms with E-state index in [1.807, 2.05) is 32.0 Å². The van der Waals surface area contributed by atoms with Crippen molar-refractivity contribution in [1.29, 1.82) is 0 Å². The fraction of sp³-hybridized carbons (Fsp3) is 0.208. The number of nitrogens with zero attached hydrogens (tertiary/aromatic N) is 1. The van der Waals surface area contributed by atoms with Gasteiger partial charge in [-0.05, 0) is 61.9 Å². The number of ketones is 1. The van der Waals surface area contributed by atoms with Crippen LogP contribution in [0.15, 0.2) is 59.6 Å². The number of amides is 1. The number of aryl methyl sites for hydroxylation is 2. The minimum Gasteiger partial charge on any atom is -0.497 e. The second-order valence-corrected chi connectivity index (χ2v) is 7.82. The first-order chi connectivity index (χ1) is 14.9. The van der Waals surface area contributed by atoms with Crippen molar-refractivity contribution >= 4 is 29.1 Å². The first-order valence-corrected chi connectivity index (χ1v) is 10.6. The molecule has 0 radical (unpaired) electrons. The van der Waals surface area contributed by atoms with Gasteiger partial charge in [-0.25, -0.2) is 4.98 Å². The molecule has 0 unspecified atom stereocenters. The summed E-state index contributed by atoms with van der Waals surface area (Å²) in [6.45, 7) is 3.73. The molecule has 0 aliphatic rings. The van der Waals surface area contributed by atoms with E-state index < -0.39 is 0 Å². The van der Waals surface area contributed by atoms with Crippen molar-refractivity contribution < 1.29 is 19.1 Å². The molecule has 0 saturated heterocycles. The molecule has 0 spiro atoms. The molecule has 3 aromatic rings. The van der Waals surface area contributed by atoms with Crippen molar-refractivity contribution in [3.05, 3.63) is 77.0 Å². The molecule has 6 nitrogen and oxygen atoms in total. The van der Waals surface area contributed by atoms with Gasteiger partial charge >= 0.3 is 0 Å². The van der Waals surface area contributed by atoms with Gasteiger partial charge in [0.15, 0.2) is 5.78 Å². The molecule has 0 saturated carbocycles. The van der Waals surface area contributed by atoms with Crippen LogP contribution < -0.4 is 14.8 Å². The lowest BCUT2D eigenvalue weighted by atomic mass is 10.1. The van der Waals surface area contributed by atoms with Crippen molar-refractivity contribution in [2.45, 2.75) is 18.9 Å². The topological polar surface area (TPSA) is 77.5 Å². The Balaban J connectivity index is 1.82. The zero-order valence-electron chi connectivity index (χ0n) is 17.9. The van der Waals surface area contributed by atoms with Gasteiger partial charge in [0, 0.05) is 11.3 Å². The number of benzene rings is 2. The Hall–Kier alpha value is -3.32. The fourth-order valence-electron chi connectivity index (χ4n) is 3.11. The van der Waals surface area contributed by atoms with Gasteiger partial charge in [0.1, 0.15) is 16.5 Å². The van der Waals surface area contributed by atoms with Gasteiger partial charge in [-0.2, -0.15) is 0 Å². The second kappa shape index (κ2) is 10.1. The number of Topliss-reactive ketones (excluding diaryl/α,β-unsaturated/α-hetero) is 1. The molecular weight excluding hydrogens is 412 g/mol. The molecule has 1 N–H and O–H groups in total. The highest BCUT2D eigenvalue weighted by Crippen LogP contribution is 2.28. The first-order valence-electron chi connectivity index (χ1n) is 9.65.